The Morgan fingerprint density at radius 2 is 1.57 bits per heavy atom. The molecule has 0 spiro atoms. The van der Waals surface area contributed by atoms with Crippen LogP contribution in [0.1, 0.15) is 42.9 Å². The van der Waals surface area contributed by atoms with Gasteiger partial charge in [0.25, 0.3) is 0 Å². The fourth-order valence-electron chi connectivity index (χ4n) is 4.42. The molecule has 40 heavy (non-hydrogen) atoms. The summed E-state index contributed by atoms with van der Waals surface area (Å²) in [6.45, 7) is 4.88. The van der Waals surface area contributed by atoms with E-state index < -0.39 is 16.1 Å². The standard InChI is InChI=1S/C31H38ClN3O4S/c1-4-20-33-31(37)29(22-25-9-6-5-7-10-25)34(23-26-14-12-24(2)13-15-26)30(36)11-8-21-35(40(3,38)39)28-18-16-27(32)17-19-28/h5-7,9-10,12-19,29H,4,8,11,20-23H2,1-3H3,(H,33,37). The summed E-state index contributed by atoms with van der Waals surface area (Å²) in [5.74, 6) is -0.414. The Bertz CT molecular complexity index is 1350. The summed E-state index contributed by atoms with van der Waals surface area (Å²) in [7, 11) is -3.58. The van der Waals surface area contributed by atoms with Crippen molar-refractivity contribution in [1.29, 1.82) is 0 Å². The summed E-state index contributed by atoms with van der Waals surface area (Å²) in [5, 5.41) is 3.48. The molecule has 2 amide bonds. The number of hydrogen-bond donors (Lipinski definition) is 1. The number of benzene rings is 3. The van der Waals surface area contributed by atoms with Crippen LogP contribution in [0.5, 0.6) is 0 Å². The number of nitrogens with zero attached hydrogens (tertiary/aromatic N) is 2. The lowest BCUT2D eigenvalue weighted by Crippen LogP contribution is -2.50. The summed E-state index contributed by atoms with van der Waals surface area (Å²) in [4.78, 5) is 28.9. The van der Waals surface area contributed by atoms with Gasteiger partial charge in [-0.2, -0.15) is 0 Å². The molecule has 0 aliphatic heterocycles. The van der Waals surface area contributed by atoms with E-state index in [1.807, 2.05) is 68.4 Å². The molecule has 0 aromatic heterocycles. The van der Waals surface area contributed by atoms with Crippen LogP contribution in [0.2, 0.25) is 5.02 Å². The predicted octanol–water partition coefficient (Wildman–Crippen LogP) is 5.36. The Morgan fingerprint density at radius 3 is 2.17 bits per heavy atom. The maximum atomic E-state index is 13.8. The van der Waals surface area contributed by atoms with Crippen LogP contribution in [-0.4, -0.2) is 50.5 Å². The summed E-state index contributed by atoms with van der Waals surface area (Å²) in [6, 6.07) is 23.4. The highest BCUT2D eigenvalue weighted by Crippen LogP contribution is 2.22. The molecule has 3 aromatic carbocycles. The molecule has 0 aliphatic rings. The molecule has 0 aliphatic carbocycles. The van der Waals surface area contributed by atoms with Gasteiger partial charge in [-0.05, 0) is 55.2 Å². The topological polar surface area (TPSA) is 86.8 Å². The summed E-state index contributed by atoms with van der Waals surface area (Å²) in [6.07, 6.45) is 2.66. The highest BCUT2D eigenvalue weighted by molar-refractivity contribution is 7.92. The Morgan fingerprint density at radius 1 is 0.925 bits per heavy atom. The second kappa shape index (κ2) is 14.9. The van der Waals surface area contributed by atoms with Gasteiger partial charge in [0.15, 0.2) is 0 Å². The van der Waals surface area contributed by atoms with Crippen molar-refractivity contribution in [2.45, 2.75) is 52.1 Å². The number of carbonyl (C=O) groups is 2. The van der Waals surface area contributed by atoms with Crippen molar-refractivity contribution in [2.75, 3.05) is 23.7 Å². The molecule has 9 heteroatoms. The smallest absolute Gasteiger partial charge is 0.243 e. The van der Waals surface area contributed by atoms with E-state index in [0.29, 0.717) is 23.7 Å². The number of nitrogens with one attached hydrogen (secondary N) is 1. The molecular weight excluding hydrogens is 546 g/mol. The van der Waals surface area contributed by atoms with Gasteiger partial charge in [-0.1, -0.05) is 78.7 Å². The van der Waals surface area contributed by atoms with E-state index >= 15 is 0 Å². The predicted molar refractivity (Wildman–Crippen MR) is 162 cm³/mol. The maximum absolute atomic E-state index is 13.8. The molecule has 1 atom stereocenters. The van der Waals surface area contributed by atoms with Crippen LogP contribution in [0.15, 0.2) is 78.9 Å². The molecule has 3 aromatic rings. The van der Waals surface area contributed by atoms with Gasteiger partial charge in [0.2, 0.25) is 21.8 Å². The van der Waals surface area contributed by atoms with Gasteiger partial charge in [0.05, 0.1) is 11.9 Å². The highest BCUT2D eigenvalue weighted by Gasteiger charge is 2.30. The minimum absolute atomic E-state index is 0.0812. The van der Waals surface area contributed by atoms with Crippen molar-refractivity contribution in [1.82, 2.24) is 10.2 Å². The van der Waals surface area contributed by atoms with Crippen molar-refractivity contribution >= 4 is 39.1 Å². The third-order valence-electron chi connectivity index (χ3n) is 6.56. The average Bonchev–Trinajstić information content (AvgIpc) is 2.93. The Labute approximate surface area is 243 Å². The largest absolute Gasteiger partial charge is 0.354 e. The van der Waals surface area contributed by atoms with E-state index in [1.165, 1.54) is 4.31 Å². The summed E-state index contributed by atoms with van der Waals surface area (Å²) < 4.78 is 26.4. The van der Waals surface area contributed by atoms with Crippen LogP contribution in [0.4, 0.5) is 5.69 Å². The third kappa shape index (κ3) is 9.38. The van der Waals surface area contributed by atoms with E-state index in [1.54, 1.807) is 29.2 Å². The van der Waals surface area contributed by atoms with Crippen LogP contribution >= 0.6 is 11.6 Å². The Balaban J connectivity index is 1.85. The normalized spacial score (nSPS) is 12.0. The Kier molecular flexibility index (Phi) is 11.6. The number of anilines is 1. The number of carbonyl (C=O) groups excluding carboxylic acids is 2. The minimum Gasteiger partial charge on any atom is -0.354 e. The monoisotopic (exact) mass is 583 g/mol. The zero-order valence-corrected chi connectivity index (χ0v) is 24.9. The molecule has 1 N–H and O–H groups in total. The van der Waals surface area contributed by atoms with Crippen LogP contribution in [0.3, 0.4) is 0 Å². The molecule has 0 fully saturated rings. The number of rotatable bonds is 14. The maximum Gasteiger partial charge on any atom is 0.243 e. The molecule has 7 nitrogen and oxygen atoms in total. The first-order valence-corrected chi connectivity index (χ1v) is 15.7. The van der Waals surface area contributed by atoms with Crippen molar-refractivity contribution in [3.63, 3.8) is 0 Å². The van der Waals surface area contributed by atoms with Crippen molar-refractivity contribution in [3.8, 4) is 0 Å². The number of halogens is 1. The molecule has 0 radical (unpaired) electrons. The second-order valence-corrected chi connectivity index (χ2v) is 12.3. The Hall–Kier alpha value is -3.36. The zero-order valence-electron chi connectivity index (χ0n) is 23.3. The minimum atomic E-state index is -3.58. The van der Waals surface area contributed by atoms with Gasteiger partial charge in [0.1, 0.15) is 6.04 Å². The van der Waals surface area contributed by atoms with Crippen LogP contribution < -0.4 is 9.62 Å². The average molecular weight is 584 g/mol. The first-order valence-electron chi connectivity index (χ1n) is 13.5. The van der Waals surface area contributed by atoms with Gasteiger partial charge in [-0.3, -0.25) is 13.9 Å². The van der Waals surface area contributed by atoms with Crippen LogP contribution in [0, 0.1) is 6.92 Å². The van der Waals surface area contributed by atoms with Gasteiger partial charge in [-0.15, -0.1) is 0 Å². The lowest BCUT2D eigenvalue weighted by molar-refractivity contribution is -0.141. The molecule has 3 rings (SSSR count). The SMILES string of the molecule is CCCNC(=O)C(Cc1ccccc1)N(Cc1ccc(C)cc1)C(=O)CCCN(c1ccc(Cl)cc1)S(C)(=O)=O. The van der Waals surface area contributed by atoms with Gasteiger partial charge in [-0.25, -0.2) is 8.42 Å². The first-order chi connectivity index (χ1) is 19.1. The molecular formula is C31H38ClN3O4S. The van der Waals surface area contributed by atoms with E-state index in [2.05, 4.69) is 5.32 Å². The van der Waals surface area contributed by atoms with Gasteiger partial charge in [0, 0.05) is 37.5 Å². The molecule has 214 valence electrons. The van der Waals surface area contributed by atoms with Gasteiger partial charge >= 0.3 is 0 Å². The fourth-order valence-corrected chi connectivity index (χ4v) is 5.51. The van der Waals surface area contributed by atoms with Crippen LogP contribution in [-0.2, 0) is 32.6 Å². The summed E-state index contributed by atoms with van der Waals surface area (Å²) in [5.41, 5.74) is 3.45. The molecule has 0 saturated carbocycles. The number of hydrogen-bond acceptors (Lipinski definition) is 4. The quantitative estimate of drug-likeness (QED) is 0.277. The number of aryl methyl sites for hydroxylation is 1. The molecule has 1 unspecified atom stereocenters. The molecule has 0 heterocycles. The lowest BCUT2D eigenvalue weighted by Gasteiger charge is -2.32. The van der Waals surface area contributed by atoms with E-state index in [4.69, 9.17) is 11.6 Å². The highest BCUT2D eigenvalue weighted by atomic mass is 35.5. The van der Waals surface area contributed by atoms with E-state index in [0.717, 1.165) is 29.4 Å². The van der Waals surface area contributed by atoms with Gasteiger partial charge < -0.3 is 10.2 Å². The summed E-state index contributed by atoms with van der Waals surface area (Å²) >= 11 is 5.98. The lowest BCUT2D eigenvalue weighted by atomic mass is 10.0. The third-order valence-corrected chi connectivity index (χ3v) is 8.01. The zero-order chi connectivity index (χ0) is 29.1. The first kappa shape index (κ1) is 31.2. The fraction of sp³-hybridized carbons (Fsp3) is 0.355. The second-order valence-electron chi connectivity index (χ2n) is 9.92. The van der Waals surface area contributed by atoms with Crippen molar-refractivity contribution in [3.05, 3.63) is 101 Å². The number of amides is 2. The van der Waals surface area contributed by atoms with E-state index in [-0.39, 0.29) is 37.7 Å². The molecule has 0 saturated heterocycles. The molecule has 0 bridgehead atoms. The van der Waals surface area contributed by atoms with Crippen molar-refractivity contribution < 1.29 is 18.0 Å². The van der Waals surface area contributed by atoms with Crippen LogP contribution in [0.25, 0.3) is 0 Å². The van der Waals surface area contributed by atoms with Crippen molar-refractivity contribution in [2.24, 2.45) is 0 Å². The van der Waals surface area contributed by atoms with E-state index in [9.17, 15) is 18.0 Å². The number of sulfonamides is 1.